The molecule has 1 radical (unpaired) electrons. The Morgan fingerprint density at radius 3 is 2.60 bits per heavy atom. The average Bonchev–Trinajstić information content (AvgIpc) is 1.88. The molecule has 0 aliphatic carbocycles. The average molecular weight is 162 g/mol. The van der Waals surface area contributed by atoms with Gasteiger partial charge in [0.25, 0.3) is 0 Å². The van der Waals surface area contributed by atoms with E-state index < -0.39 is 5.97 Å². The Morgan fingerprint density at radius 2 is 2.20 bits per heavy atom. The van der Waals surface area contributed by atoms with Crippen molar-refractivity contribution < 1.29 is 9.53 Å². The highest BCUT2D eigenvalue weighted by Gasteiger charge is 2.02. The predicted octanol–water partition coefficient (Wildman–Crippen LogP) is 1.90. The number of halogens is 1. The number of ether oxygens (including phenoxy) is 1. The first-order valence-electron chi connectivity index (χ1n) is 2.99. The highest BCUT2D eigenvalue weighted by molar-refractivity contribution is 6.40. The van der Waals surface area contributed by atoms with Crippen LogP contribution < -0.4 is 0 Å². The molecule has 0 heterocycles. The van der Waals surface area contributed by atoms with Crippen LogP contribution in [0.3, 0.4) is 0 Å². The fourth-order valence-electron chi connectivity index (χ4n) is 0.345. The highest BCUT2D eigenvalue weighted by atomic mass is 35.5. The normalized spacial score (nSPS) is 9.00. The smallest absolute Gasteiger partial charge is 0.349 e. The summed E-state index contributed by atoms with van der Waals surface area (Å²) in [5, 5.41) is -0.0796. The minimum Gasteiger partial charge on any atom is -0.461 e. The summed E-state index contributed by atoms with van der Waals surface area (Å²) in [6.45, 7) is 7.16. The first-order valence-corrected chi connectivity index (χ1v) is 3.37. The van der Waals surface area contributed by atoms with Crippen molar-refractivity contribution in [1.82, 2.24) is 0 Å². The lowest BCUT2D eigenvalue weighted by Gasteiger charge is -1.99. The summed E-state index contributed by atoms with van der Waals surface area (Å²) in [5.74, 6) is -0.546. The van der Waals surface area contributed by atoms with Gasteiger partial charge >= 0.3 is 5.97 Å². The third kappa shape index (κ3) is 4.39. The number of hydrogen-bond donors (Lipinski definition) is 0. The van der Waals surface area contributed by atoms with Gasteiger partial charge in [-0.1, -0.05) is 31.5 Å². The zero-order valence-corrected chi connectivity index (χ0v) is 6.49. The summed E-state index contributed by atoms with van der Waals surface area (Å²) in [4.78, 5) is 10.5. The molecule has 0 aromatic heterocycles. The summed E-state index contributed by atoms with van der Waals surface area (Å²) in [7, 11) is 0. The topological polar surface area (TPSA) is 26.3 Å². The predicted molar refractivity (Wildman–Crippen MR) is 40.5 cm³/mol. The van der Waals surface area contributed by atoms with Gasteiger partial charge in [-0.3, -0.25) is 0 Å². The fraction of sp³-hybridized carbons (Fsp3) is 0.429. The van der Waals surface area contributed by atoms with Crippen LogP contribution in [0.1, 0.15) is 12.8 Å². The van der Waals surface area contributed by atoms with E-state index in [1.54, 1.807) is 0 Å². The second kappa shape index (κ2) is 5.30. The summed E-state index contributed by atoms with van der Waals surface area (Å²) in [6.07, 6.45) is 1.51. The molecule has 0 N–H and O–H groups in total. The molecule has 0 spiro atoms. The van der Waals surface area contributed by atoms with Crippen LogP contribution in [0, 0.1) is 6.92 Å². The second-order valence-corrected chi connectivity index (χ2v) is 2.20. The summed E-state index contributed by atoms with van der Waals surface area (Å²) < 4.78 is 4.63. The number of hydrogen-bond acceptors (Lipinski definition) is 2. The maximum absolute atomic E-state index is 10.5. The van der Waals surface area contributed by atoms with Gasteiger partial charge in [-0.15, -0.1) is 0 Å². The van der Waals surface area contributed by atoms with Crippen LogP contribution in [-0.4, -0.2) is 12.6 Å². The van der Waals surface area contributed by atoms with Gasteiger partial charge in [0.15, 0.2) is 0 Å². The molecule has 57 valence electrons. The molecule has 0 aromatic carbocycles. The summed E-state index contributed by atoms with van der Waals surface area (Å²) >= 11 is 5.22. The van der Waals surface area contributed by atoms with Gasteiger partial charge in [0.05, 0.1) is 6.61 Å². The molecule has 0 saturated carbocycles. The molecule has 0 aliphatic heterocycles. The Morgan fingerprint density at radius 1 is 1.60 bits per heavy atom. The van der Waals surface area contributed by atoms with E-state index in [-0.39, 0.29) is 5.03 Å². The Labute approximate surface area is 65.8 Å². The Balaban J connectivity index is 3.31. The van der Waals surface area contributed by atoms with Crippen molar-refractivity contribution in [2.45, 2.75) is 12.8 Å². The third-order valence-electron chi connectivity index (χ3n) is 0.849. The van der Waals surface area contributed by atoms with E-state index in [1.165, 1.54) is 0 Å². The lowest BCUT2D eigenvalue weighted by Crippen LogP contribution is -2.04. The molecule has 10 heavy (non-hydrogen) atoms. The largest absolute Gasteiger partial charge is 0.461 e. The molecule has 0 bridgehead atoms. The van der Waals surface area contributed by atoms with Gasteiger partial charge in [0.2, 0.25) is 0 Å². The SMILES string of the molecule is [CH2]CCCOC(=O)C(=C)Cl. The van der Waals surface area contributed by atoms with Crippen molar-refractivity contribution in [3.8, 4) is 0 Å². The van der Waals surface area contributed by atoms with Crippen molar-refractivity contribution in [2.75, 3.05) is 6.61 Å². The molecule has 0 amide bonds. The Hall–Kier alpha value is -0.500. The molecular weight excluding hydrogens is 152 g/mol. The maximum Gasteiger partial charge on any atom is 0.349 e. The Bertz CT molecular complexity index is 132. The first kappa shape index (κ1) is 9.50. The van der Waals surface area contributed by atoms with Gasteiger partial charge < -0.3 is 4.74 Å². The lowest BCUT2D eigenvalue weighted by molar-refractivity contribution is -0.138. The number of esters is 1. The number of unbranched alkanes of at least 4 members (excludes halogenated alkanes) is 1. The molecule has 2 nitrogen and oxygen atoms in total. The monoisotopic (exact) mass is 161 g/mol. The lowest BCUT2D eigenvalue weighted by atomic mass is 10.4. The fourth-order valence-corrected chi connectivity index (χ4v) is 0.400. The van der Waals surface area contributed by atoms with Crippen LogP contribution >= 0.6 is 11.6 Å². The van der Waals surface area contributed by atoms with E-state index in [0.717, 1.165) is 12.8 Å². The number of rotatable bonds is 4. The van der Waals surface area contributed by atoms with Gasteiger partial charge in [-0.05, 0) is 6.42 Å². The third-order valence-corrected chi connectivity index (χ3v) is 1.00. The van der Waals surface area contributed by atoms with Crippen LogP contribution in [0.2, 0.25) is 0 Å². The molecule has 0 aliphatic rings. The highest BCUT2D eigenvalue weighted by Crippen LogP contribution is 2.00. The van der Waals surface area contributed by atoms with Crippen LogP contribution in [0.25, 0.3) is 0 Å². The minimum absolute atomic E-state index is 0.0796. The molecule has 0 fully saturated rings. The van der Waals surface area contributed by atoms with Crippen LogP contribution in [-0.2, 0) is 9.53 Å². The van der Waals surface area contributed by atoms with Crippen molar-refractivity contribution in [1.29, 1.82) is 0 Å². The summed E-state index contributed by atoms with van der Waals surface area (Å²) in [5.41, 5.74) is 0. The zero-order valence-electron chi connectivity index (χ0n) is 5.73. The van der Waals surface area contributed by atoms with E-state index in [4.69, 9.17) is 11.6 Å². The molecule has 0 atom stereocenters. The summed E-state index contributed by atoms with van der Waals surface area (Å²) in [6, 6.07) is 0. The van der Waals surface area contributed by atoms with Crippen molar-refractivity contribution >= 4 is 17.6 Å². The van der Waals surface area contributed by atoms with E-state index in [9.17, 15) is 4.79 Å². The molecule has 0 rings (SSSR count). The second-order valence-electron chi connectivity index (χ2n) is 1.75. The van der Waals surface area contributed by atoms with Crippen LogP contribution in [0.15, 0.2) is 11.6 Å². The van der Waals surface area contributed by atoms with E-state index >= 15 is 0 Å². The minimum atomic E-state index is -0.546. The van der Waals surface area contributed by atoms with E-state index in [1.807, 2.05) is 0 Å². The quantitative estimate of drug-likeness (QED) is 0.358. The molecule has 0 saturated heterocycles. The molecule has 0 unspecified atom stereocenters. The van der Waals surface area contributed by atoms with Crippen molar-refractivity contribution in [2.24, 2.45) is 0 Å². The van der Waals surface area contributed by atoms with Gasteiger partial charge in [-0.25, -0.2) is 4.79 Å². The van der Waals surface area contributed by atoms with Crippen LogP contribution in [0.4, 0.5) is 0 Å². The first-order chi connectivity index (χ1) is 4.68. The van der Waals surface area contributed by atoms with Crippen molar-refractivity contribution in [3.05, 3.63) is 18.5 Å². The Kier molecular flexibility index (Phi) is 5.03. The van der Waals surface area contributed by atoms with E-state index in [2.05, 4.69) is 18.2 Å². The van der Waals surface area contributed by atoms with Gasteiger partial charge in [-0.2, -0.15) is 0 Å². The zero-order chi connectivity index (χ0) is 7.98. The van der Waals surface area contributed by atoms with Gasteiger partial charge in [0.1, 0.15) is 5.03 Å². The number of carbonyl (C=O) groups excluding carboxylic acids is 1. The number of carbonyl (C=O) groups is 1. The van der Waals surface area contributed by atoms with Crippen molar-refractivity contribution in [3.63, 3.8) is 0 Å². The maximum atomic E-state index is 10.5. The van der Waals surface area contributed by atoms with Crippen LogP contribution in [0.5, 0.6) is 0 Å². The van der Waals surface area contributed by atoms with E-state index in [0.29, 0.717) is 6.61 Å². The molecular formula is C7H10ClO2. The standard InChI is InChI=1S/C7H10ClO2/c1-3-4-5-10-7(9)6(2)8/h1-5H2. The molecule has 0 aromatic rings. The van der Waals surface area contributed by atoms with Gasteiger partial charge in [0, 0.05) is 0 Å². The molecule has 3 heteroatoms.